The van der Waals surface area contributed by atoms with E-state index in [-0.39, 0.29) is 5.92 Å². The number of carbonyl (C=O) groups excluding carboxylic acids is 1. The quantitative estimate of drug-likeness (QED) is 0.747. The first kappa shape index (κ1) is 12.0. The highest BCUT2D eigenvalue weighted by atomic mass is 16.5. The summed E-state index contributed by atoms with van der Waals surface area (Å²) in [6.45, 7) is 6.77. The van der Waals surface area contributed by atoms with Gasteiger partial charge in [0, 0.05) is 58.3 Å². The Kier molecular flexibility index (Phi) is 4.75. The molecule has 2 heterocycles. The molecule has 2 aliphatic heterocycles. The monoisotopic (exact) mass is 226 g/mol. The van der Waals surface area contributed by atoms with Crippen molar-refractivity contribution < 1.29 is 9.53 Å². The van der Waals surface area contributed by atoms with Gasteiger partial charge in [0.1, 0.15) is 5.78 Å². The van der Waals surface area contributed by atoms with Gasteiger partial charge in [-0.15, -0.1) is 0 Å². The number of hydrogen-bond acceptors (Lipinski definition) is 4. The summed E-state index contributed by atoms with van der Waals surface area (Å²) in [7, 11) is 0. The third-order valence-electron chi connectivity index (χ3n) is 3.56. The molecule has 92 valence electrons. The lowest BCUT2D eigenvalue weighted by Gasteiger charge is -2.28. The highest BCUT2D eigenvalue weighted by molar-refractivity contribution is 5.81. The number of hydrogen-bond donors (Lipinski definition) is 1. The molecule has 0 aliphatic carbocycles. The molecule has 2 saturated heterocycles. The summed E-state index contributed by atoms with van der Waals surface area (Å²) in [6, 6.07) is 0. The molecule has 0 aromatic heterocycles. The van der Waals surface area contributed by atoms with Crippen molar-refractivity contribution in [3.8, 4) is 0 Å². The Morgan fingerprint density at radius 1 is 1.25 bits per heavy atom. The van der Waals surface area contributed by atoms with Gasteiger partial charge < -0.3 is 15.0 Å². The maximum atomic E-state index is 11.9. The van der Waals surface area contributed by atoms with Gasteiger partial charge in [-0.3, -0.25) is 4.79 Å². The largest absolute Gasteiger partial charge is 0.381 e. The van der Waals surface area contributed by atoms with Gasteiger partial charge >= 0.3 is 0 Å². The Balaban J connectivity index is 1.65. The first-order valence-electron chi connectivity index (χ1n) is 6.40. The van der Waals surface area contributed by atoms with E-state index in [1.165, 1.54) is 0 Å². The predicted molar refractivity (Wildman–Crippen MR) is 62.5 cm³/mol. The first-order chi connectivity index (χ1) is 7.86. The zero-order valence-electron chi connectivity index (χ0n) is 9.91. The molecule has 1 N–H and O–H groups in total. The number of piperazine rings is 1. The minimum atomic E-state index is 0.275. The highest BCUT2D eigenvalue weighted by Gasteiger charge is 2.21. The molecule has 0 spiro atoms. The number of rotatable bonds is 4. The third-order valence-corrected chi connectivity index (χ3v) is 3.56. The van der Waals surface area contributed by atoms with Crippen molar-refractivity contribution in [1.29, 1.82) is 0 Å². The molecule has 0 atom stereocenters. The molecular weight excluding hydrogens is 204 g/mol. The van der Waals surface area contributed by atoms with Crippen LogP contribution >= 0.6 is 0 Å². The Hall–Kier alpha value is -0.450. The minimum absolute atomic E-state index is 0.275. The van der Waals surface area contributed by atoms with Crippen molar-refractivity contribution in [2.75, 3.05) is 45.9 Å². The van der Waals surface area contributed by atoms with E-state index in [9.17, 15) is 4.79 Å². The van der Waals surface area contributed by atoms with Crippen LogP contribution in [0.25, 0.3) is 0 Å². The van der Waals surface area contributed by atoms with Crippen molar-refractivity contribution in [2.24, 2.45) is 5.92 Å². The molecule has 0 radical (unpaired) electrons. The molecule has 0 bridgehead atoms. The lowest BCUT2D eigenvalue weighted by molar-refractivity contribution is -0.126. The average Bonchev–Trinajstić information content (AvgIpc) is 2.38. The summed E-state index contributed by atoms with van der Waals surface area (Å²) in [5.41, 5.74) is 0. The van der Waals surface area contributed by atoms with E-state index in [1.807, 2.05) is 0 Å². The number of nitrogens with one attached hydrogen (secondary N) is 1. The van der Waals surface area contributed by atoms with Crippen LogP contribution in [0.3, 0.4) is 0 Å². The zero-order valence-corrected chi connectivity index (χ0v) is 9.91. The third kappa shape index (κ3) is 3.54. The number of ether oxygens (including phenoxy) is 1. The summed E-state index contributed by atoms with van der Waals surface area (Å²) >= 11 is 0. The molecule has 0 saturated carbocycles. The van der Waals surface area contributed by atoms with Gasteiger partial charge in [-0.05, 0) is 12.8 Å². The van der Waals surface area contributed by atoms with E-state index >= 15 is 0 Å². The van der Waals surface area contributed by atoms with Gasteiger partial charge in [-0.1, -0.05) is 0 Å². The van der Waals surface area contributed by atoms with Crippen molar-refractivity contribution >= 4 is 5.78 Å². The van der Waals surface area contributed by atoms with Crippen LogP contribution in [-0.2, 0) is 9.53 Å². The van der Waals surface area contributed by atoms with Crippen LogP contribution in [0.15, 0.2) is 0 Å². The fraction of sp³-hybridized carbons (Fsp3) is 0.917. The number of carbonyl (C=O) groups is 1. The smallest absolute Gasteiger partial charge is 0.137 e. The maximum absolute atomic E-state index is 11.9. The summed E-state index contributed by atoms with van der Waals surface area (Å²) in [5, 5.41) is 3.32. The summed E-state index contributed by atoms with van der Waals surface area (Å²) in [6.07, 6.45) is 2.59. The Bertz CT molecular complexity index is 221. The minimum Gasteiger partial charge on any atom is -0.381 e. The molecule has 16 heavy (non-hydrogen) atoms. The van der Waals surface area contributed by atoms with Crippen LogP contribution in [0.1, 0.15) is 19.3 Å². The van der Waals surface area contributed by atoms with Crippen molar-refractivity contribution in [1.82, 2.24) is 10.2 Å². The Morgan fingerprint density at radius 3 is 2.62 bits per heavy atom. The predicted octanol–water partition coefficient (Wildman–Crippen LogP) is 0.277. The van der Waals surface area contributed by atoms with Gasteiger partial charge in [0.05, 0.1) is 0 Å². The second-order valence-corrected chi connectivity index (χ2v) is 4.69. The van der Waals surface area contributed by atoms with Crippen molar-refractivity contribution in [2.45, 2.75) is 19.3 Å². The van der Waals surface area contributed by atoms with Crippen LogP contribution in [0.4, 0.5) is 0 Å². The Morgan fingerprint density at radius 2 is 1.94 bits per heavy atom. The number of nitrogens with zero attached hydrogens (tertiary/aromatic N) is 1. The molecule has 2 rings (SSSR count). The van der Waals surface area contributed by atoms with Crippen molar-refractivity contribution in [3.63, 3.8) is 0 Å². The van der Waals surface area contributed by atoms with Gasteiger partial charge in [0.25, 0.3) is 0 Å². The molecule has 0 amide bonds. The topological polar surface area (TPSA) is 41.6 Å². The standard InChI is InChI=1S/C12H22N2O2/c15-12(11-2-9-16-10-3-11)1-6-14-7-4-13-5-8-14/h11,13H,1-10H2. The summed E-state index contributed by atoms with van der Waals surface area (Å²) < 4.78 is 5.27. The molecule has 2 aliphatic rings. The molecular formula is C12H22N2O2. The van der Waals surface area contributed by atoms with E-state index in [2.05, 4.69) is 10.2 Å². The van der Waals surface area contributed by atoms with Gasteiger partial charge in [-0.25, -0.2) is 0 Å². The maximum Gasteiger partial charge on any atom is 0.137 e. The SMILES string of the molecule is O=C(CCN1CCNCC1)C1CCOCC1. The molecule has 4 heteroatoms. The molecule has 0 aromatic carbocycles. The first-order valence-corrected chi connectivity index (χ1v) is 6.40. The van der Waals surface area contributed by atoms with Crippen LogP contribution < -0.4 is 5.32 Å². The summed E-state index contributed by atoms with van der Waals surface area (Å²) in [5.74, 6) is 0.721. The second kappa shape index (κ2) is 6.33. The Labute approximate surface area is 97.3 Å². The van der Waals surface area contributed by atoms with Crippen LogP contribution in [0.2, 0.25) is 0 Å². The number of ketones is 1. The van der Waals surface area contributed by atoms with Crippen LogP contribution in [-0.4, -0.2) is 56.6 Å². The van der Waals surface area contributed by atoms with E-state index < -0.39 is 0 Å². The lowest BCUT2D eigenvalue weighted by Crippen LogP contribution is -2.44. The summed E-state index contributed by atoms with van der Waals surface area (Å²) in [4.78, 5) is 14.3. The fourth-order valence-electron chi connectivity index (χ4n) is 2.43. The van der Waals surface area contributed by atoms with Crippen LogP contribution in [0, 0.1) is 5.92 Å². The highest BCUT2D eigenvalue weighted by Crippen LogP contribution is 2.17. The van der Waals surface area contributed by atoms with E-state index in [4.69, 9.17) is 4.74 Å². The lowest BCUT2D eigenvalue weighted by atomic mass is 9.93. The van der Waals surface area contributed by atoms with Gasteiger partial charge in [0.2, 0.25) is 0 Å². The zero-order chi connectivity index (χ0) is 11.2. The van der Waals surface area contributed by atoms with Crippen LogP contribution in [0.5, 0.6) is 0 Å². The number of Topliss-reactive ketones (excluding diaryl/α,β-unsaturated/α-hetero) is 1. The van der Waals surface area contributed by atoms with E-state index in [0.717, 1.165) is 65.2 Å². The normalized spacial score (nSPS) is 24.5. The van der Waals surface area contributed by atoms with Gasteiger partial charge in [-0.2, -0.15) is 0 Å². The molecule has 0 unspecified atom stereocenters. The molecule has 4 nitrogen and oxygen atoms in total. The van der Waals surface area contributed by atoms with E-state index in [0.29, 0.717) is 5.78 Å². The fourth-order valence-corrected chi connectivity index (χ4v) is 2.43. The van der Waals surface area contributed by atoms with E-state index in [1.54, 1.807) is 0 Å². The second-order valence-electron chi connectivity index (χ2n) is 4.69. The molecule has 2 fully saturated rings. The van der Waals surface area contributed by atoms with Crippen molar-refractivity contribution in [3.05, 3.63) is 0 Å². The van der Waals surface area contributed by atoms with Gasteiger partial charge in [0.15, 0.2) is 0 Å². The molecule has 0 aromatic rings. The average molecular weight is 226 g/mol.